The molecule has 9 heteroatoms. The molecule has 130 valence electrons. The lowest BCUT2D eigenvalue weighted by Gasteiger charge is -2.06. The van der Waals surface area contributed by atoms with Crippen molar-refractivity contribution in [3.8, 4) is 11.1 Å². The highest BCUT2D eigenvalue weighted by Gasteiger charge is 2.22. The number of benzene rings is 1. The summed E-state index contributed by atoms with van der Waals surface area (Å²) in [4.78, 5) is 33.7. The van der Waals surface area contributed by atoms with Crippen LogP contribution < -0.4 is 10.9 Å². The minimum absolute atomic E-state index is 0.0558. The number of carbonyl (C=O) groups excluding carboxylic acids is 1. The smallest absolute Gasteiger partial charge is 0.285 e. The normalized spacial score (nSPS) is 11.0. The largest absolute Gasteiger partial charge is 0.293 e. The number of fused-ring (bicyclic) bond motifs is 1. The highest BCUT2D eigenvalue weighted by molar-refractivity contribution is 6.04. The number of nitrogens with one attached hydrogen (secondary N) is 3. The molecule has 1 amide bonds. The highest BCUT2D eigenvalue weighted by Crippen LogP contribution is 2.26. The van der Waals surface area contributed by atoms with Crippen molar-refractivity contribution < 1.29 is 4.79 Å². The average molecular weight is 349 g/mol. The second-order valence-electron chi connectivity index (χ2n) is 5.80. The summed E-state index contributed by atoms with van der Waals surface area (Å²) >= 11 is 0. The van der Waals surface area contributed by atoms with Gasteiger partial charge in [0.25, 0.3) is 11.5 Å². The molecule has 26 heavy (non-hydrogen) atoms. The van der Waals surface area contributed by atoms with Crippen molar-refractivity contribution >= 4 is 17.5 Å². The van der Waals surface area contributed by atoms with Crippen LogP contribution >= 0.6 is 0 Å². The minimum atomic E-state index is -0.598. The predicted molar refractivity (Wildman–Crippen MR) is 95.1 cm³/mol. The molecule has 0 saturated heterocycles. The first-order chi connectivity index (χ1) is 12.6. The fraction of sp³-hybridized carbons (Fsp3) is 0.118. The summed E-state index contributed by atoms with van der Waals surface area (Å²) in [6.07, 6.45) is 1.26. The quantitative estimate of drug-likeness (QED) is 0.519. The predicted octanol–water partition coefficient (Wildman–Crippen LogP) is 1.68. The van der Waals surface area contributed by atoms with Crippen LogP contribution in [0, 0.1) is 13.8 Å². The van der Waals surface area contributed by atoms with Crippen LogP contribution in [0.5, 0.6) is 0 Å². The number of aryl methyl sites for hydroxylation is 2. The molecular weight excluding hydrogens is 334 g/mol. The van der Waals surface area contributed by atoms with Gasteiger partial charge in [0.1, 0.15) is 11.9 Å². The van der Waals surface area contributed by atoms with Crippen LogP contribution in [0.2, 0.25) is 0 Å². The zero-order chi connectivity index (χ0) is 18.3. The van der Waals surface area contributed by atoms with Gasteiger partial charge in [0.2, 0.25) is 5.95 Å². The Kier molecular flexibility index (Phi) is 3.61. The molecule has 0 atom stereocenters. The van der Waals surface area contributed by atoms with Gasteiger partial charge in [-0.1, -0.05) is 30.3 Å². The molecule has 0 spiro atoms. The Morgan fingerprint density at radius 1 is 1.19 bits per heavy atom. The van der Waals surface area contributed by atoms with Gasteiger partial charge in [0.05, 0.1) is 5.69 Å². The van der Waals surface area contributed by atoms with Gasteiger partial charge in [-0.25, -0.2) is 14.6 Å². The number of aromatic amines is 2. The Morgan fingerprint density at radius 2 is 1.96 bits per heavy atom. The topological polar surface area (TPSA) is 121 Å². The van der Waals surface area contributed by atoms with E-state index in [0.717, 1.165) is 16.8 Å². The molecule has 4 rings (SSSR count). The Bertz CT molecular complexity index is 1160. The molecule has 0 fully saturated rings. The number of nitrogens with zero attached hydrogens (tertiary/aromatic N) is 4. The fourth-order valence-electron chi connectivity index (χ4n) is 2.94. The van der Waals surface area contributed by atoms with Crippen molar-refractivity contribution in [2.45, 2.75) is 13.8 Å². The Hall–Kier alpha value is -3.75. The lowest BCUT2D eigenvalue weighted by Crippen LogP contribution is -2.29. The number of rotatable bonds is 3. The molecule has 0 aliphatic carbocycles. The Labute approximate surface area is 147 Å². The molecule has 1 aromatic carbocycles. The van der Waals surface area contributed by atoms with Crippen molar-refractivity contribution in [1.82, 2.24) is 29.8 Å². The van der Waals surface area contributed by atoms with E-state index in [1.807, 2.05) is 37.3 Å². The summed E-state index contributed by atoms with van der Waals surface area (Å²) in [5, 5.41) is 11.7. The zero-order valence-electron chi connectivity index (χ0n) is 14.1. The van der Waals surface area contributed by atoms with Crippen LogP contribution in [0.15, 0.2) is 41.5 Å². The fourth-order valence-corrected chi connectivity index (χ4v) is 2.94. The number of amides is 1. The van der Waals surface area contributed by atoms with E-state index in [1.165, 1.54) is 10.8 Å². The van der Waals surface area contributed by atoms with Crippen molar-refractivity contribution in [3.05, 3.63) is 64.0 Å². The van der Waals surface area contributed by atoms with Gasteiger partial charge in [0.15, 0.2) is 5.65 Å². The summed E-state index contributed by atoms with van der Waals surface area (Å²) in [7, 11) is 0. The number of anilines is 1. The van der Waals surface area contributed by atoms with Gasteiger partial charge in [0, 0.05) is 11.3 Å². The number of aromatic nitrogens is 6. The molecule has 3 heterocycles. The summed E-state index contributed by atoms with van der Waals surface area (Å²) < 4.78 is 1.29. The molecule has 9 nitrogen and oxygen atoms in total. The molecule has 3 aromatic heterocycles. The number of carbonyl (C=O) groups is 1. The maximum absolute atomic E-state index is 12.9. The molecule has 0 radical (unpaired) electrons. The highest BCUT2D eigenvalue weighted by atomic mass is 16.2. The van der Waals surface area contributed by atoms with Crippen molar-refractivity contribution in [3.63, 3.8) is 0 Å². The maximum atomic E-state index is 12.9. The van der Waals surface area contributed by atoms with Gasteiger partial charge >= 0.3 is 0 Å². The van der Waals surface area contributed by atoms with E-state index in [1.54, 1.807) is 6.92 Å². The molecule has 0 aliphatic heterocycles. The van der Waals surface area contributed by atoms with E-state index >= 15 is 0 Å². The summed E-state index contributed by atoms with van der Waals surface area (Å²) in [5.41, 5.74) is 2.83. The number of H-pyrrole nitrogens is 2. The molecule has 3 N–H and O–H groups in total. The van der Waals surface area contributed by atoms with Crippen LogP contribution in [-0.4, -0.2) is 35.7 Å². The van der Waals surface area contributed by atoms with Crippen LogP contribution in [0.1, 0.15) is 21.7 Å². The molecule has 0 saturated carbocycles. The Morgan fingerprint density at radius 3 is 2.65 bits per heavy atom. The average Bonchev–Trinajstić information content (AvgIpc) is 3.23. The standard InChI is InChI=1S/C17H15N7O2/c1-9-13(15(25)21-17-18-8-19-22-17)16(26)24-14(20-9)12(10(2)23-24)11-6-4-3-5-7-11/h3-8,23H,1-2H3,(H2,18,19,21,22,25). The first-order valence-corrected chi connectivity index (χ1v) is 7.90. The van der Waals surface area contributed by atoms with E-state index in [9.17, 15) is 9.59 Å². The lowest BCUT2D eigenvalue weighted by atomic mass is 10.1. The van der Waals surface area contributed by atoms with Crippen LogP contribution in [0.25, 0.3) is 16.8 Å². The van der Waals surface area contributed by atoms with Gasteiger partial charge in [-0.2, -0.15) is 10.1 Å². The lowest BCUT2D eigenvalue weighted by molar-refractivity contribution is 0.102. The summed E-state index contributed by atoms with van der Waals surface area (Å²) in [5.74, 6) is -0.439. The van der Waals surface area contributed by atoms with Gasteiger partial charge in [-0.15, -0.1) is 0 Å². The van der Waals surface area contributed by atoms with Gasteiger partial charge < -0.3 is 0 Å². The van der Waals surface area contributed by atoms with Crippen LogP contribution in [-0.2, 0) is 0 Å². The second-order valence-corrected chi connectivity index (χ2v) is 5.80. The van der Waals surface area contributed by atoms with E-state index in [4.69, 9.17) is 0 Å². The molecule has 0 aliphatic rings. The summed E-state index contributed by atoms with van der Waals surface area (Å²) in [6, 6.07) is 9.65. The third-order valence-electron chi connectivity index (χ3n) is 4.08. The Balaban J connectivity index is 1.88. The monoisotopic (exact) mass is 349 g/mol. The number of hydrogen-bond acceptors (Lipinski definition) is 5. The van der Waals surface area contributed by atoms with E-state index in [2.05, 4.69) is 30.6 Å². The minimum Gasteiger partial charge on any atom is -0.293 e. The van der Waals surface area contributed by atoms with Gasteiger partial charge in [-0.3, -0.25) is 20.0 Å². The van der Waals surface area contributed by atoms with Crippen LogP contribution in [0.4, 0.5) is 5.95 Å². The third-order valence-corrected chi connectivity index (χ3v) is 4.08. The second kappa shape index (κ2) is 5.96. The first kappa shape index (κ1) is 15.8. The summed E-state index contributed by atoms with van der Waals surface area (Å²) in [6.45, 7) is 3.49. The molecule has 4 aromatic rings. The van der Waals surface area contributed by atoms with E-state index in [0.29, 0.717) is 11.3 Å². The van der Waals surface area contributed by atoms with Crippen LogP contribution in [0.3, 0.4) is 0 Å². The molecular formula is C17H15N7O2. The van der Waals surface area contributed by atoms with Crippen molar-refractivity contribution in [2.75, 3.05) is 5.32 Å². The molecule has 0 unspecified atom stereocenters. The first-order valence-electron chi connectivity index (χ1n) is 7.90. The third kappa shape index (κ3) is 2.46. The van der Waals surface area contributed by atoms with E-state index < -0.39 is 11.5 Å². The zero-order valence-corrected chi connectivity index (χ0v) is 14.1. The van der Waals surface area contributed by atoms with E-state index in [-0.39, 0.29) is 11.5 Å². The molecule has 0 bridgehead atoms. The van der Waals surface area contributed by atoms with Crippen molar-refractivity contribution in [2.24, 2.45) is 0 Å². The number of hydrogen-bond donors (Lipinski definition) is 3. The SMILES string of the molecule is Cc1nc2c(-c3ccccc3)c(C)[nH]n2c(=O)c1C(=O)Nc1ncn[nH]1. The van der Waals surface area contributed by atoms with Gasteiger partial charge in [-0.05, 0) is 19.4 Å². The maximum Gasteiger partial charge on any atom is 0.285 e. The van der Waals surface area contributed by atoms with Crippen molar-refractivity contribution in [1.29, 1.82) is 0 Å².